The molecule has 2 N–H and O–H groups in total. The van der Waals surface area contributed by atoms with Gasteiger partial charge < -0.3 is 20.9 Å². The van der Waals surface area contributed by atoms with E-state index in [0.717, 1.165) is 19.1 Å². The molecule has 0 spiro atoms. The van der Waals surface area contributed by atoms with Gasteiger partial charge in [0.1, 0.15) is 5.82 Å². The van der Waals surface area contributed by atoms with E-state index < -0.39 is 34.6 Å². The van der Waals surface area contributed by atoms with Crippen LogP contribution in [0.1, 0.15) is 18.1 Å². The van der Waals surface area contributed by atoms with Gasteiger partial charge in [0.2, 0.25) is 0 Å². The number of carbonyl (C=O) groups is 1. The van der Waals surface area contributed by atoms with Gasteiger partial charge in [0.15, 0.2) is 5.60 Å². The summed E-state index contributed by atoms with van der Waals surface area (Å²) in [6, 6.07) is 8.34. The van der Waals surface area contributed by atoms with E-state index in [4.69, 9.17) is 15.8 Å². The number of rotatable bonds is 4. The Morgan fingerprint density at radius 3 is 2.53 bits per heavy atom. The molecule has 0 saturated heterocycles. The van der Waals surface area contributed by atoms with Gasteiger partial charge in [-0.25, -0.2) is 4.39 Å². The Morgan fingerprint density at radius 1 is 1.28 bits per heavy atom. The van der Waals surface area contributed by atoms with Crippen LogP contribution < -0.4 is 5.32 Å². The average Bonchev–Trinajstić information content (AvgIpc) is 3.12. The summed E-state index contributed by atoms with van der Waals surface area (Å²) in [5.41, 5.74) is 1.99. The fraction of sp³-hybridized carbons (Fsp3) is 0.211. The van der Waals surface area contributed by atoms with Gasteiger partial charge in [-0.2, -0.15) is 23.5 Å². The molecule has 2 aromatic carbocycles. The molecular weight excluding hydrogens is 674 g/mol. The second kappa shape index (κ2) is 9.31. The summed E-state index contributed by atoms with van der Waals surface area (Å²) in [5, 5.41) is 25.7. The first kappa shape index (κ1) is 25.2. The van der Waals surface area contributed by atoms with Crippen LogP contribution in [-0.4, -0.2) is 26.4 Å². The molecule has 1 heterocycles. The number of amides is 1. The Balaban J connectivity index is 0.00000166. The molecule has 3 rings (SSSR count). The molecule has 1 radical (unpaired) electrons. The number of halogens is 4. The van der Waals surface area contributed by atoms with Crippen LogP contribution in [0.25, 0.3) is 16.5 Å². The first-order chi connectivity index (χ1) is 14.5. The SMILES string of the molecule is C[C@](O)(Cn1ncc2c(F)cccc21)C(=O)Nc1ccc(C#N)c(C(F)(F)F)c1.[Es].[N-]=O. The van der Waals surface area contributed by atoms with Gasteiger partial charge in [-0.15, -0.1) is 0 Å². The number of nitroso groups, excluding NO2 is 1. The van der Waals surface area contributed by atoms with E-state index in [1.807, 2.05) is 0 Å². The molecule has 8 nitrogen and oxygen atoms in total. The van der Waals surface area contributed by atoms with Crippen molar-refractivity contribution in [3.63, 3.8) is 0 Å². The maximum atomic E-state index is 13.8. The molecular formula is C19H14EsF4N5O3-. The fourth-order valence-electron chi connectivity index (χ4n) is 2.78. The fourth-order valence-corrected chi connectivity index (χ4v) is 2.78. The molecule has 13 heteroatoms. The van der Waals surface area contributed by atoms with Crippen molar-refractivity contribution in [2.24, 2.45) is 0 Å². The number of aliphatic hydroxyl groups is 1. The number of alkyl halides is 3. The van der Waals surface area contributed by atoms with E-state index in [-0.39, 0.29) is 17.6 Å². The van der Waals surface area contributed by atoms with Crippen molar-refractivity contribution in [1.82, 2.24) is 9.78 Å². The summed E-state index contributed by atoms with van der Waals surface area (Å²) in [5.74, 6) is -1.51. The topological polar surface area (TPSA) is 130 Å². The second-order valence-electron chi connectivity index (χ2n) is 6.57. The number of benzene rings is 2. The predicted molar refractivity (Wildman–Crippen MR) is 102 cm³/mol. The molecule has 0 fully saturated rings. The third kappa shape index (κ3) is 5.00. The van der Waals surface area contributed by atoms with Crippen molar-refractivity contribution in [2.45, 2.75) is 25.2 Å². The first-order valence-electron chi connectivity index (χ1n) is 8.46. The van der Waals surface area contributed by atoms with Crippen LogP contribution in [0, 0.1) is 22.1 Å². The van der Waals surface area contributed by atoms with Crippen LogP contribution in [0.4, 0.5) is 23.2 Å². The number of hydrogen-bond acceptors (Lipinski definition) is 5. The standard InChI is InChI=1S/C19H14F4N4O2.Es.NO/c1-18(29,10-27-16-4-2-3-15(20)13(16)9-25-27)17(28)26-12-6-5-11(8-24)14(7-12)19(21,22)23;;1-2/h2-7,9,29H,10H2,1H3,(H,26,28);;/q;;-1/t18-;;/m0../s1. The van der Waals surface area contributed by atoms with E-state index >= 15 is 0 Å². The van der Waals surface area contributed by atoms with Crippen molar-refractivity contribution in [2.75, 3.05) is 5.32 Å². The number of fused-ring (bicyclic) bond motifs is 1. The largest absolute Gasteiger partial charge is 0.577 e. The van der Waals surface area contributed by atoms with E-state index in [2.05, 4.69) is 10.4 Å². The zero-order valence-corrected chi connectivity index (χ0v) is 18.6. The zero-order valence-electron chi connectivity index (χ0n) is 16.1. The van der Waals surface area contributed by atoms with E-state index in [1.54, 1.807) is 6.07 Å². The van der Waals surface area contributed by atoms with Crippen LogP contribution in [0.15, 0.2) is 42.6 Å². The number of nitrogens with zero attached hydrogens (tertiary/aromatic N) is 4. The zero-order chi connectivity index (χ0) is 23.4. The minimum absolute atomic E-state index is 0. The first-order valence-corrected chi connectivity index (χ1v) is 8.46. The van der Waals surface area contributed by atoms with Gasteiger partial charge in [-0.05, 0) is 37.3 Å². The molecule has 0 unspecified atom stereocenters. The molecule has 0 aliphatic carbocycles. The monoisotopic (exact) mass is 688 g/mol. The summed E-state index contributed by atoms with van der Waals surface area (Å²) >= 11 is 0. The Kier molecular flexibility index (Phi) is 7.33. The molecule has 1 aromatic heterocycles. The Hall–Kier alpha value is -4.85. The molecule has 1 amide bonds. The third-order valence-corrected chi connectivity index (χ3v) is 4.28. The maximum absolute atomic E-state index is 13.8. The van der Waals surface area contributed by atoms with Crippen LogP contribution in [0.5, 0.6) is 0 Å². The number of nitrogens with one attached hydrogen (secondary N) is 1. The molecule has 3 aromatic rings. The van der Waals surface area contributed by atoms with Crippen molar-refractivity contribution < 1.29 is 27.5 Å². The molecule has 173 valence electrons. The van der Waals surface area contributed by atoms with Crippen LogP contribution >= 0.6 is 0 Å². The van der Waals surface area contributed by atoms with Gasteiger partial charge in [0.05, 0.1) is 40.8 Å². The van der Waals surface area contributed by atoms with Crippen molar-refractivity contribution >= 4 is 22.5 Å². The van der Waals surface area contributed by atoms with Gasteiger partial charge in [0, 0.05) is 5.69 Å². The smallest absolute Gasteiger partial charge is 0.417 e. The van der Waals surface area contributed by atoms with Crippen LogP contribution in [-0.2, 0) is 17.5 Å². The molecule has 0 aliphatic heterocycles. The molecule has 32 heavy (non-hydrogen) atoms. The van der Waals surface area contributed by atoms with Gasteiger partial charge in [-0.1, -0.05) is 6.07 Å². The summed E-state index contributed by atoms with van der Waals surface area (Å²) in [4.78, 5) is 19.7. The molecule has 0 saturated carbocycles. The minimum atomic E-state index is -4.79. The number of anilines is 1. The number of aromatic nitrogens is 2. The number of nitriles is 1. The van der Waals surface area contributed by atoms with Crippen molar-refractivity contribution in [3.8, 4) is 6.07 Å². The second-order valence-corrected chi connectivity index (χ2v) is 6.57. The molecule has 1 atom stereocenters. The van der Waals surface area contributed by atoms with Gasteiger partial charge in [-0.3, -0.25) is 9.48 Å². The van der Waals surface area contributed by atoms with Crippen LogP contribution in [0.2, 0.25) is 0 Å². The van der Waals surface area contributed by atoms with Crippen LogP contribution in [0.3, 0.4) is 0 Å². The predicted octanol–water partition coefficient (Wildman–Crippen LogP) is 3.78. The van der Waals surface area contributed by atoms with E-state index in [1.165, 1.54) is 29.1 Å². The summed E-state index contributed by atoms with van der Waals surface area (Å²) < 4.78 is 54.2. The Labute approximate surface area is 172 Å². The number of carbonyl (C=O) groups excluding carboxylic acids is 1. The van der Waals surface area contributed by atoms with Gasteiger partial charge in [0.25, 0.3) is 5.91 Å². The molecule has 0 aliphatic rings. The van der Waals surface area contributed by atoms with Crippen molar-refractivity contribution in [1.29, 1.82) is 5.26 Å². The summed E-state index contributed by atoms with van der Waals surface area (Å²) in [6.45, 7) is 0.789. The van der Waals surface area contributed by atoms with E-state index in [0.29, 0.717) is 11.6 Å². The average molecular weight is 688 g/mol. The number of hydrogen-bond donors (Lipinski definition) is 2. The van der Waals surface area contributed by atoms with Gasteiger partial charge >= 0.3 is 6.18 Å². The normalized spacial score (nSPS) is 12.5. The Morgan fingerprint density at radius 2 is 1.94 bits per heavy atom. The minimum Gasteiger partial charge on any atom is -0.577 e. The third-order valence-electron chi connectivity index (χ3n) is 4.28. The maximum Gasteiger partial charge on any atom is 0.417 e. The quantitative estimate of drug-likeness (QED) is 0.404. The van der Waals surface area contributed by atoms with E-state index in [9.17, 15) is 27.5 Å². The Bertz CT molecular complexity index is 1160. The molecule has 0 bridgehead atoms. The summed E-state index contributed by atoms with van der Waals surface area (Å²) in [6.07, 6.45) is -3.54. The summed E-state index contributed by atoms with van der Waals surface area (Å²) in [7, 11) is 0. The van der Waals surface area contributed by atoms with Crippen molar-refractivity contribution in [3.05, 3.63) is 70.0 Å².